The zero-order valence-electron chi connectivity index (χ0n) is 5.07. The Kier molecular flexibility index (Phi) is 0.552. The van der Waals surface area contributed by atoms with Crippen LogP contribution in [0.1, 0.15) is 6.42 Å². The Balaban J connectivity index is 2.07. The molecule has 0 aromatic heterocycles. The average molecular weight is 126 g/mol. The molecule has 0 spiro atoms. The van der Waals surface area contributed by atoms with Crippen molar-refractivity contribution in [2.24, 2.45) is 23.7 Å². The van der Waals surface area contributed by atoms with Gasteiger partial charge in [-0.25, -0.2) is 0 Å². The van der Waals surface area contributed by atoms with Crippen LogP contribution in [0.25, 0.3) is 0 Å². The molecule has 2 heteroatoms. The van der Waals surface area contributed by atoms with E-state index in [4.69, 9.17) is 0 Å². The molecule has 0 unspecified atom stereocenters. The van der Waals surface area contributed by atoms with Crippen molar-refractivity contribution in [3.05, 3.63) is 0 Å². The lowest BCUT2D eigenvalue weighted by Crippen LogP contribution is -2.19. The van der Waals surface area contributed by atoms with Crippen LogP contribution in [0.3, 0.4) is 0 Å². The molecule has 4 atom stereocenters. The zero-order chi connectivity index (χ0) is 6.17. The fourth-order valence-corrected chi connectivity index (χ4v) is 3.07. The quantitative estimate of drug-likeness (QED) is 0.464. The highest BCUT2D eigenvalue weighted by molar-refractivity contribution is 5.21. The molecule has 0 heterocycles. The van der Waals surface area contributed by atoms with Crippen LogP contribution in [-0.2, 0) is 0 Å². The summed E-state index contributed by atoms with van der Waals surface area (Å²) in [5, 5.41) is 18.7. The summed E-state index contributed by atoms with van der Waals surface area (Å²) in [5.74, 6) is 1.97. The molecule has 4 fully saturated rings. The molecule has 0 aromatic carbocycles. The van der Waals surface area contributed by atoms with E-state index >= 15 is 0 Å². The first-order chi connectivity index (χ1) is 4.30. The van der Waals surface area contributed by atoms with Crippen LogP contribution in [-0.4, -0.2) is 22.4 Å². The lowest BCUT2D eigenvalue weighted by molar-refractivity contribution is 0.0713. The molecule has 4 saturated carbocycles. The maximum atomic E-state index is 9.36. The fourth-order valence-electron chi connectivity index (χ4n) is 3.07. The molecule has 0 radical (unpaired) electrons. The van der Waals surface area contributed by atoms with Gasteiger partial charge in [0.1, 0.15) is 0 Å². The second-order valence-corrected chi connectivity index (χ2v) is 3.70. The van der Waals surface area contributed by atoms with Gasteiger partial charge in [0, 0.05) is 5.92 Å². The minimum atomic E-state index is -0.144. The van der Waals surface area contributed by atoms with Crippen LogP contribution in [0.2, 0.25) is 0 Å². The van der Waals surface area contributed by atoms with Gasteiger partial charge < -0.3 is 10.2 Å². The molecule has 0 amide bonds. The zero-order valence-corrected chi connectivity index (χ0v) is 5.07. The van der Waals surface area contributed by atoms with Gasteiger partial charge in [0.2, 0.25) is 0 Å². The van der Waals surface area contributed by atoms with Crippen LogP contribution < -0.4 is 0 Å². The van der Waals surface area contributed by atoms with Gasteiger partial charge in [0.05, 0.1) is 12.2 Å². The number of hydrogen-bond acceptors (Lipinski definition) is 2. The molecule has 0 aromatic rings. The molecule has 4 rings (SSSR count). The second-order valence-electron chi connectivity index (χ2n) is 3.70. The fraction of sp³-hybridized carbons (Fsp3) is 1.00. The standard InChI is InChI=1S/C7H10O2/c8-6-3-1-2-4(6)5(2)7(3)9/h2-9H,1H2/t2?,3?,4-,5-,6-,7-/m0/s1. The van der Waals surface area contributed by atoms with Gasteiger partial charge in [0.15, 0.2) is 0 Å². The number of aliphatic hydroxyl groups excluding tert-OH is 2. The Morgan fingerprint density at radius 3 is 1.56 bits per heavy atom. The molecule has 2 nitrogen and oxygen atoms in total. The normalized spacial score (nSPS) is 75.3. The highest BCUT2D eigenvalue weighted by Crippen LogP contribution is 2.70. The lowest BCUT2D eigenvalue weighted by atomic mass is 10.1. The molecular formula is C7H10O2. The van der Waals surface area contributed by atoms with Gasteiger partial charge in [-0.05, 0) is 24.2 Å². The largest absolute Gasteiger partial charge is 0.392 e. The summed E-state index contributed by atoms with van der Waals surface area (Å²) < 4.78 is 0. The highest BCUT2D eigenvalue weighted by Gasteiger charge is 2.73. The number of hydrogen-bond donors (Lipinski definition) is 2. The van der Waals surface area contributed by atoms with Gasteiger partial charge in [-0.1, -0.05) is 0 Å². The minimum absolute atomic E-state index is 0.144. The van der Waals surface area contributed by atoms with Crippen molar-refractivity contribution < 1.29 is 10.2 Å². The summed E-state index contributed by atoms with van der Waals surface area (Å²) in [6, 6.07) is 0. The maximum Gasteiger partial charge on any atom is 0.0627 e. The monoisotopic (exact) mass is 126 g/mol. The molecular weight excluding hydrogens is 116 g/mol. The van der Waals surface area contributed by atoms with Crippen molar-refractivity contribution in [1.82, 2.24) is 0 Å². The SMILES string of the molecule is O[C@H]1C2CC3[C@H]1[C@H]3[C@H]2O. The van der Waals surface area contributed by atoms with Crippen molar-refractivity contribution in [3.63, 3.8) is 0 Å². The molecule has 0 aliphatic heterocycles. The first-order valence-corrected chi connectivity index (χ1v) is 3.67. The summed E-state index contributed by atoms with van der Waals surface area (Å²) >= 11 is 0. The highest BCUT2D eigenvalue weighted by atomic mass is 16.3. The van der Waals surface area contributed by atoms with E-state index in [0.29, 0.717) is 17.8 Å². The van der Waals surface area contributed by atoms with Crippen LogP contribution in [0.15, 0.2) is 0 Å². The predicted octanol–water partition coefficient (Wildman–Crippen LogP) is -0.396. The van der Waals surface area contributed by atoms with Gasteiger partial charge in [-0.15, -0.1) is 0 Å². The predicted molar refractivity (Wildman–Crippen MR) is 30.6 cm³/mol. The molecule has 4 bridgehead atoms. The topological polar surface area (TPSA) is 40.5 Å². The summed E-state index contributed by atoms with van der Waals surface area (Å²) in [7, 11) is 0. The van der Waals surface area contributed by atoms with Crippen LogP contribution in [0.4, 0.5) is 0 Å². The maximum absolute atomic E-state index is 9.36. The van der Waals surface area contributed by atoms with E-state index in [0.717, 1.165) is 6.42 Å². The van der Waals surface area contributed by atoms with Gasteiger partial charge in [-0.2, -0.15) is 0 Å². The Labute approximate surface area is 53.5 Å². The van der Waals surface area contributed by atoms with Gasteiger partial charge in [-0.3, -0.25) is 0 Å². The second kappa shape index (κ2) is 1.06. The molecule has 4 aliphatic carbocycles. The van der Waals surface area contributed by atoms with E-state index in [1.165, 1.54) is 0 Å². The summed E-state index contributed by atoms with van der Waals surface area (Å²) in [6.07, 6.45) is 0.808. The number of aliphatic hydroxyl groups is 2. The summed E-state index contributed by atoms with van der Waals surface area (Å²) in [4.78, 5) is 0. The Morgan fingerprint density at radius 2 is 1.44 bits per heavy atom. The third-order valence-electron chi connectivity index (χ3n) is 3.50. The molecule has 9 heavy (non-hydrogen) atoms. The van der Waals surface area contributed by atoms with Crippen LogP contribution >= 0.6 is 0 Å². The van der Waals surface area contributed by atoms with E-state index in [2.05, 4.69) is 0 Å². The van der Waals surface area contributed by atoms with E-state index in [1.807, 2.05) is 0 Å². The minimum Gasteiger partial charge on any atom is -0.392 e. The Bertz CT molecular complexity index is 148. The van der Waals surface area contributed by atoms with Crippen molar-refractivity contribution in [3.8, 4) is 0 Å². The van der Waals surface area contributed by atoms with Crippen molar-refractivity contribution >= 4 is 0 Å². The lowest BCUT2D eigenvalue weighted by Gasteiger charge is -2.09. The van der Waals surface area contributed by atoms with Crippen LogP contribution in [0.5, 0.6) is 0 Å². The van der Waals surface area contributed by atoms with Gasteiger partial charge in [0.25, 0.3) is 0 Å². The Morgan fingerprint density at radius 1 is 0.889 bits per heavy atom. The summed E-state index contributed by atoms with van der Waals surface area (Å²) in [5.41, 5.74) is 0. The summed E-state index contributed by atoms with van der Waals surface area (Å²) in [6.45, 7) is 0. The first-order valence-electron chi connectivity index (χ1n) is 3.67. The average Bonchev–Trinajstić information content (AvgIpc) is 2.18. The smallest absolute Gasteiger partial charge is 0.0627 e. The van der Waals surface area contributed by atoms with Gasteiger partial charge >= 0.3 is 0 Å². The third kappa shape index (κ3) is 0.310. The van der Waals surface area contributed by atoms with E-state index in [-0.39, 0.29) is 18.1 Å². The van der Waals surface area contributed by atoms with Crippen molar-refractivity contribution in [2.45, 2.75) is 18.6 Å². The van der Waals surface area contributed by atoms with Crippen molar-refractivity contribution in [2.75, 3.05) is 0 Å². The number of rotatable bonds is 0. The van der Waals surface area contributed by atoms with Crippen LogP contribution in [0, 0.1) is 23.7 Å². The molecule has 4 aliphatic rings. The molecule has 50 valence electrons. The first kappa shape index (κ1) is 4.69. The van der Waals surface area contributed by atoms with E-state index < -0.39 is 0 Å². The van der Waals surface area contributed by atoms with Crippen molar-refractivity contribution in [1.29, 1.82) is 0 Å². The molecule has 0 saturated heterocycles. The Hall–Kier alpha value is -0.0800. The van der Waals surface area contributed by atoms with E-state index in [9.17, 15) is 10.2 Å². The van der Waals surface area contributed by atoms with E-state index in [1.54, 1.807) is 0 Å². The molecule has 2 N–H and O–H groups in total. The third-order valence-corrected chi connectivity index (χ3v) is 3.50.